The molecule has 0 amide bonds. The third-order valence-electron chi connectivity index (χ3n) is 3.96. The van der Waals surface area contributed by atoms with Crippen LogP contribution in [0, 0.1) is 19.3 Å². The zero-order valence-electron chi connectivity index (χ0n) is 13.6. The first kappa shape index (κ1) is 14.6. The minimum Gasteiger partial charge on any atom is -0.442 e. The molecule has 0 fully saturated rings. The van der Waals surface area contributed by atoms with Gasteiger partial charge < -0.3 is 4.74 Å². The summed E-state index contributed by atoms with van der Waals surface area (Å²) in [4.78, 5) is 4.83. The highest BCUT2D eigenvalue weighted by Crippen LogP contribution is 2.37. The first-order valence-electron chi connectivity index (χ1n) is 7.59. The lowest BCUT2D eigenvalue weighted by molar-refractivity contribution is 0.473. The van der Waals surface area contributed by atoms with Crippen molar-refractivity contribution in [3.05, 3.63) is 71.3 Å². The van der Waals surface area contributed by atoms with Crippen LogP contribution in [0.15, 0.2) is 59.6 Å². The second kappa shape index (κ2) is 5.45. The van der Waals surface area contributed by atoms with Crippen molar-refractivity contribution < 1.29 is 4.74 Å². The fraction of sp³-hybridized carbons (Fsp3) is 0.250. The van der Waals surface area contributed by atoms with Crippen molar-refractivity contribution >= 4 is 17.3 Å². The minimum absolute atomic E-state index is 0.208. The molecule has 0 aromatic heterocycles. The molecule has 0 bridgehead atoms. The predicted molar refractivity (Wildman–Crippen MR) is 92.3 cm³/mol. The molecule has 1 heterocycles. The van der Waals surface area contributed by atoms with E-state index in [0.29, 0.717) is 0 Å². The Morgan fingerprint density at radius 2 is 1.50 bits per heavy atom. The van der Waals surface area contributed by atoms with E-state index in [4.69, 9.17) is 9.73 Å². The molecule has 0 atom stereocenters. The topological polar surface area (TPSA) is 21.6 Å². The Bertz CT molecular complexity index is 734. The Kier molecular flexibility index (Phi) is 3.61. The van der Waals surface area contributed by atoms with Gasteiger partial charge in [0.25, 0.3) is 0 Å². The Balaban J connectivity index is 1.99. The summed E-state index contributed by atoms with van der Waals surface area (Å²) >= 11 is 0. The molecule has 0 unspecified atom stereocenters. The highest BCUT2D eigenvalue weighted by atomic mass is 16.5. The van der Waals surface area contributed by atoms with E-state index in [-0.39, 0.29) is 5.41 Å². The molecule has 112 valence electrons. The van der Waals surface area contributed by atoms with Gasteiger partial charge in [-0.25, -0.2) is 4.99 Å². The first-order chi connectivity index (χ1) is 10.5. The van der Waals surface area contributed by atoms with Crippen molar-refractivity contribution in [2.75, 3.05) is 0 Å². The Labute approximate surface area is 132 Å². The van der Waals surface area contributed by atoms with Crippen LogP contribution in [0.3, 0.4) is 0 Å². The molecule has 0 spiro atoms. The SMILES string of the molecule is Cc1cccc(C)c1N=C1OC(c2ccccc2)=CC1(C)C. The molecule has 0 radical (unpaired) electrons. The normalized spacial score (nSPS) is 18.2. The van der Waals surface area contributed by atoms with E-state index < -0.39 is 0 Å². The maximum Gasteiger partial charge on any atom is 0.204 e. The number of nitrogens with zero attached hydrogens (tertiary/aromatic N) is 1. The van der Waals surface area contributed by atoms with Crippen LogP contribution in [0.1, 0.15) is 30.5 Å². The van der Waals surface area contributed by atoms with Crippen molar-refractivity contribution in [2.24, 2.45) is 10.4 Å². The monoisotopic (exact) mass is 291 g/mol. The van der Waals surface area contributed by atoms with Gasteiger partial charge in [-0.2, -0.15) is 0 Å². The van der Waals surface area contributed by atoms with E-state index in [2.05, 4.69) is 64.1 Å². The van der Waals surface area contributed by atoms with Gasteiger partial charge in [0, 0.05) is 5.56 Å². The second-order valence-electron chi connectivity index (χ2n) is 6.36. The first-order valence-corrected chi connectivity index (χ1v) is 7.59. The largest absolute Gasteiger partial charge is 0.442 e. The number of rotatable bonds is 2. The summed E-state index contributed by atoms with van der Waals surface area (Å²) in [7, 11) is 0. The van der Waals surface area contributed by atoms with Crippen LogP contribution in [-0.2, 0) is 4.74 Å². The summed E-state index contributed by atoms with van der Waals surface area (Å²) in [6, 6.07) is 16.4. The van der Waals surface area contributed by atoms with Gasteiger partial charge in [0.2, 0.25) is 5.90 Å². The number of hydrogen-bond acceptors (Lipinski definition) is 2. The van der Waals surface area contributed by atoms with Crippen LogP contribution < -0.4 is 0 Å². The Hall–Kier alpha value is -2.35. The molecule has 1 aliphatic rings. The molecule has 0 saturated carbocycles. The maximum absolute atomic E-state index is 6.09. The number of para-hydroxylation sites is 1. The molecular formula is C20H21NO. The van der Waals surface area contributed by atoms with Crippen LogP contribution in [0.25, 0.3) is 5.76 Å². The highest BCUT2D eigenvalue weighted by molar-refractivity contribution is 5.96. The fourth-order valence-corrected chi connectivity index (χ4v) is 2.65. The number of hydrogen-bond donors (Lipinski definition) is 0. The van der Waals surface area contributed by atoms with E-state index in [1.54, 1.807) is 0 Å². The van der Waals surface area contributed by atoms with Crippen molar-refractivity contribution in [2.45, 2.75) is 27.7 Å². The molecule has 2 aromatic rings. The quantitative estimate of drug-likeness (QED) is 0.723. The summed E-state index contributed by atoms with van der Waals surface area (Å²) in [5.74, 6) is 1.64. The van der Waals surface area contributed by atoms with Gasteiger partial charge in [0.15, 0.2) is 0 Å². The van der Waals surface area contributed by atoms with Gasteiger partial charge >= 0.3 is 0 Å². The summed E-state index contributed by atoms with van der Waals surface area (Å²) in [5, 5.41) is 0. The number of ether oxygens (including phenoxy) is 1. The summed E-state index contributed by atoms with van der Waals surface area (Å²) in [6.07, 6.45) is 2.15. The van der Waals surface area contributed by atoms with Crippen LogP contribution in [-0.4, -0.2) is 5.90 Å². The third kappa shape index (κ3) is 2.69. The van der Waals surface area contributed by atoms with E-state index in [1.807, 2.05) is 18.2 Å². The van der Waals surface area contributed by atoms with E-state index >= 15 is 0 Å². The zero-order chi connectivity index (χ0) is 15.7. The van der Waals surface area contributed by atoms with E-state index in [0.717, 1.165) is 22.9 Å². The minimum atomic E-state index is -0.208. The predicted octanol–water partition coefficient (Wildman–Crippen LogP) is 5.43. The maximum atomic E-state index is 6.09. The van der Waals surface area contributed by atoms with Gasteiger partial charge in [-0.3, -0.25) is 0 Å². The molecule has 1 aliphatic heterocycles. The molecule has 3 rings (SSSR count). The molecule has 0 saturated heterocycles. The second-order valence-corrected chi connectivity index (χ2v) is 6.36. The van der Waals surface area contributed by atoms with Crippen molar-refractivity contribution in [1.82, 2.24) is 0 Å². The molecule has 2 aromatic carbocycles. The van der Waals surface area contributed by atoms with Crippen molar-refractivity contribution in [3.63, 3.8) is 0 Å². The van der Waals surface area contributed by atoms with E-state index in [1.165, 1.54) is 11.1 Å². The standard InChI is InChI=1S/C20H21NO/c1-14-9-8-10-15(2)18(14)21-19-20(3,4)13-17(22-19)16-11-6-5-7-12-16/h5-13H,1-4H3. The summed E-state index contributed by atoms with van der Waals surface area (Å²) in [5.41, 5.74) is 4.22. The Morgan fingerprint density at radius 3 is 2.14 bits per heavy atom. The molecule has 0 N–H and O–H groups in total. The van der Waals surface area contributed by atoms with Gasteiger partial charge in [0.05, 0.1) is 11.1 Å². The lowest BCUT2D eigenvalue weighted by Crippen LogP contribution is -2.18. The smallest absolute Gasteiger partial charge is 0.204 e. The van der Waals surface area contributed by atoms with Gasteiger partial charge in [0.1, 0.15) is 5.76 Å². The van der Waals surface area contributed by atoms with Crippen molar-refractivity contribution in [3.8, 4) is 0 Å². The average molecular weight is 291 g/mol. The number of aryl methyl sites for hydroxylation is 2. The zero-order valence-corrected chi connectivity index (χ0v) is 13.6. The molecule has 22 heavy (non-hydrogen) atoms. The van der Waals surface area contributed by atoms with Crippen LogP contribution in [0.2, 0.25) is 0 Å². The van der Waals surface area contributed by atoms with Crippen LogP contribution in [0.4, 0.5) is 5.69 Å². The summed E-state index contributed by atoms with van der Waals surface area (Å²) < 4.78 is 6.09. The number of aliphatic imine (C=N–C) groups is 1. The molecule has 2 heteroatoms. The number of benzene rings is 2. The summed E-state index contributed by atoms with van der Waals surface area (Å²) in [6.45, 7) is 8.44. The lowest BCUT2D eigenvalue weighted by Gasteiger charge is -2.15. The van der Waals surface area contributed by atoms with Gasteiger partial charge in [-0.05, 0) is 44.9 Å². The molecule has 2 nitrogen and oxygen atoms in total. The lowest BCUT2D eigenvalue weighted by atomic mass is 9.93. The van der Waals surface area contributed by atoms with Gasteiger partial charge in [-0.15, -0.1) is 0 Å². The fourth-order valence-electron chi connectivity index (χ4n) is 2.65. The van der Waals surface area contributed by atoms with Crippen molar-refractivity contribution in [1.29, 1.82) is 0 Å². The third-order valence-corrected chi connectivity index (χ3v) is 3.96. The molecule has 0 aliphatic carbocycles. The van der Waals surface area contributed by atoms with Crippen LogP contribution in [0.5, 0.6) is 0 Å². The van der Waals surface area contributed by atoms with Crippen LogP contribution >= 0.6 is 0 Å². The Morgan fingerprint density at radius 1 is 0.864 bits per heavy atom. The highest BCUT2D eigenvalue weighted by Gasteiger charge is 2.33. The average Bonchev–Trinajstić information content (AvgIpc) is 2.79. The molecular weight excluding hydrogens is 270 g/mol. The van der Waals surface area contributed by atoms with E-state index in [9.17, 15) is 0 Å². The van der Waals surface area contributed by atoms with Gasteiger partial charge in [-0.1, -0.05) is 48.5 Å².